The molecule has 0 aliphatic rings. The monoisotopic (exact) mass is 388 g/mol. The molecule has 0 atom stereocenters. The molecule has 10 heteroatoms. The molecule has 0 radical (unpaired) electrons. The van der Waals surface area contributed by atoms with Gasteiger partial charge >= 0.3 is 0 Å². The summed E-state index contributed by atoms with van der Waals surface area (Å²) in [6.45, 7) is 0. The Kier molecular flexibility index (Phi) is 4.96. The topological polar surface area (TPSA) is 105 Å². The molecule has 0 bridgehead atoms. The van der Waals surface area contributed by atoms with Crippen molar-refractivity contribution in [2.45, 2.75) is 4.90 Å². The molecule has 0 unspecified atom stereocenters. The van der Waals surface area contributed by atoms with Gasteiger partial charge in [-0.15, -0.1) is 0 Å². The Bertz CT molecular complexity index is 1130. The lowest BCUT2D eigenvalue weighted by molar-refractivity contribution is 0.460. The third-order valence-electron chi connectivity index (χ3n) is 3.29. The van der Waals surface area contributed by atoms with Crippen molar-refractivity contribution < 1.29 is 21.9 Å². The summed E-state index contributed by atoms with van der Waals surface area (Å²) in [5, 5.41) is 9.27. The molecule has 136 valence electrons. The summed E-state index contributed by atoms with van der Waals surface area (Å²) in [5.74, 6) is -2.34. The molecule has 1 aromatic heterocycles. The number of hydrogen-bond acceptors (Lipinski definition) is 6. The Balaban J connectivity index is 1.90. The van der Waals surface area contributed by atoms with Crippen molar-refractivity contribution in [2.75, 3.05) is 4.72 Å². The zero-order valence-electron chi connectivity index (χ0n) is 13.4. The molecule has 0 spiro atoms. The molecule has 1 heterocycles. The lowest BCUT2D eigenvalue weighted by Gasteiger charge is -2.10. The Morgan fingerprint density at radius 3 is 2.44 bits per heavy atom. The van der Waals surface area contributed by atoms with Crippen molar-refractivity contribution in [1.29, 1.82) is 5.26 Å². The molecule has 1 N–H and O–H groups in total. The average molecular weight is 388 g/mol. The fourth-order valence-corrected chi connectivity index (χ4v) is 3.03. The second-order valence-electron chi connectivity index (χ2n) is 5.13. The van der Waals surface area contributed by atoms with Crippen molar-refractivity contribution in [1.82, 2.24) is 9.97 Å². The molecule has 0 saturated carbocycles. The zero-order chi connectivity index (χ0) is 19.4. The minimum atomic E-state index is -4.04. The van der Waals surface area contributed by atoms with Crippen molar-refractivity contribution in [3.05, 3.63) is 72.1 Å². The van der Waals surface area contributed by atoms with Gasteiger partial charge in [0.05, 0.1) is 10.5 Å². The number of nitriles is 1. The first-order chi connectivity index (χ1) is 12.9. The van der Waals surface area contributed by atoms with Gasteiger partial charge in [-0.1, -0.05) is 0 Å². The van der Waals surface area contributed by atoms with E-state index in [2.05, 4.69) is 14.7 Å². The Morgan fingerprint density at radius 1 is 1.04 bits per heavy atom. The van der Waals surface area contributed by atoms with Crippen LogP contribution in [0.4, 0.5) is 14.7 Å². The number of halogens is 2. The molecular formula is C17H10F2N4O3S. The molecule has 3 aromatic rings. The molecule has 2 aromatic carbocycles. The summed E-state index contributed by atoms with van der Waals surface area (Å²) < 4.78 is 58.6. The van der Waals surface area contributed by atoms with Crippen LogP contribution >= 0.6 is 0 Å². The average Bonchev–Trinajstić information content (AvgIpc) is 2.65. The Hall–Kier alpha value is -3.58. The van der Waals surface area contributed by atoms with Crippen molar-refractivity contribution >= 4 is 16.0 Å². The van der Waals surface area contributed by atoms with Crippen LogP contribution < -0.4 is 9.46 Å². The molecular weight excluding hydrogens is 378 g/mol. The lowest BCUT2D eigenvalue weighted by Crippen LogP contribution is -2.15. The van der Waals surface area contributed by atoms with Crippen LogP contribution in [-0.2, 0) is 10.0 Å². The van der Waals surface area contributed by atoms with E-state index in [1.165, 1.54) is 36.7 Å². The highest BCUT2D eigenvalue weighted by atomic mass is 32.2. The predicted molar refractivity (Wildman–Crippen MR) is 90.4 cm³/mol. The molecule has 0 amide bonds. The van der Waals surface area contributed by atoms with Crippen LogP contribution in [-0.4, -0.2) is 18.4 Å². The van der Waals surface area contributed by atoms with Gasteiger partial charge in [0.1, 0.15) is 17.6 Å². The molecule has 0 saturated heterocycles. The first kappa shape index (κ1) is 18.2. The van der Waals surface area contributed by atoms with Gasteiger partial charge in [-0.2, -0.15) is 5.26 Å². The Labute approximate surface area is 152 Å². The fraction of sp³-hybridized carbons (Fsp3) is 0. The number of nitrogens with zero attached hydrogens (tertiary/aromatic N) is 3. The van der Waals surface area contributed by atoms with Crippen LogP contribution in [0.1, 0.15) is 5.56 Å². The first-order valence-electron chi connectivity index (χ1n) is 7.36. The number of nitrogens with one attached hydrogen (secondary N) is 1. The minimum absolute atomic E-state index is 0.0154. The summed E-state index contributed by atoms with van der Waals surface area (Å²) in [7, 11) is -4.04. The van der Waals surface area contributed by atoms with Crippen molar-refractivity contribution in [2.24, 2.45) is 0 Å². The van der Waals surface area contributed by atoms with Crippen LogP contribution in [0.2, 0.25) is 0 Å². The van der Waals surface area contributed by atoms with Crippen LogP contribution in [0.25, 0.3) is 0 Å². The van der Waals surface area contributed by atoms with Crippen LogP contribution in [0, 0.1) is 23.0 Å². The summed E-state index contributed by atoms with van der Waals surface area (Å²) in [4.78, 5) is 7.31. The minimum Gasteiger partial charge on any atom is -0.456 e. The smallest absolute Gasteiger partial charge is 0.264 e. The summed E-state index contributed by atoms with van der Waals surface area (Å²) in [5.41, 5.74) is -0.114. The lowest BCUT2D eigenvalue weighted by atomic mass is 10.2. The van der Waals surface area contributed by atoms with E-state index in [1.54, 1.807) is 6.07 Å². The first-order valence-corrected chi connectivity index (χ1v) is 8.84. The van der Waals surface area contributed by atoms with E-state index in [0.717, 1.165) is 18.2 Å². The molecule has 3 rings (SSSR count). The maximum atomic E-state index is 13.3. The second-order valence-corrected chi connectivity index (χ2v) is 6.81. The molecule has 0 fully saturated rings. The maximum absolute atomic E-state index is 13.3. The van der Waals surface area contributed by atoms with E-state index in [1.807, 2.05) is 0 Å². The van der Waals surface area contributed by atoms with Crippen LogP contribution in [0.5, 0.6) is 11.5 Å². The van der Waals surface area contributed by atoms with E-state index in [4.69, 9.17) is 4.74 Å². The zero-order valence-corrected chi connectivity index (χ0v) is 14.2. The van der Waals surface area contributed by atoms with Gasteiger partial charge in [0, 0.05) is 18.5 Å². The van der Waals surface area contributed by atoms with Gasteiger partial charge in [-0.3, -0.25) is 0 Å². The molecule has 7 nitrogen and oxygen atoms in total. The van der Waals surface area contributed by atoms with E-state index in [-0.39, 0.29) is 27.9 Å². The number of anilines is 1. The summed E-state index contributed by atoms with van der Waals surface area (Å²) >= 11 is 0. The molecule has 27 heavy (non-hydrogen) atoms. The quantitative estimate of drug-likeness (QED) is 0.720. The Morgan fingerprint density at radius 2 is 1.78 bits per heavy atom. The summed E-state index contributed by atoms with van der Waals surface area (Å²) in [6.07, 6.45) is 2.73. The van der Waals surface area contributed by atoms with Gasteiger partial charge in [0.2, 0.25) is 5.95 Å². The fourth-order valence-electron chi connectivity index (χ4n) is 2.05. The number of hydrogen-bond donors (Lipinski definition) is 1. The number of benzene rings is 2. The third kappa shape index (κ3) is 4.16. The molecule has 0 aliphatic carbocycles. The number of sulfonamides is 1. The molecule has 0 aliphatic heterocycles. The van der Waals surface area contributed by atoms with E-state index >= 15 is 0 Å². The number of ether oxygens (including phenoxy) is 1. The van der Waals surface area contributed by atoms with Gasteiger partial charge < -0.3 is 4.74 Å². The SMILES string of the molecule is N#Cc1cc(S(=O)(=O)Nc2ncccn2)ccc1Oc1ccc(F)c(F)c1. The highest BCUT2D eigenvalue weighted by molar-refractivity contribution is 7.92. The van der Waals surface area contributed by atoms with Crippen LogP contribution in [0.3, 0.4) is 0 Å². The normalized spacial score (nSPS) is 10.9. The predicted octanol–water partition coefficient (Wildman–Crippen LogP) is 3.22. The van der Waals surface area contributed by atoms with Gasteiger partial charge in [-0.25, -0.2) is 31.9 Å². The van der Waals surface area contributed by atoms with Crippen molar-refractivity contribution in [3.63, 3.8) is 0 Å². The van der Waals surface area contributed by atoms with Crippen molar-refractivity contribution in [3.8, 4) is 17.6 Å². The number of aromatic nitrogens is 2. The van der Waals surface area contributed by atoms with Gasteiger partial charge in [0.25, 0.3) is 10.0 Å². The van der Waals surface area contributed by atoms with Gasteiger partial charge in [0.15, 0.2) is 11.6 Å². The summed E-state index contributed by atoms with van der Waals surface area (Å²) in [6, 6.07) is 9.71. The second kappa shape index (κ2) is 7.35. The highest BCUT2D eigenvalue weighted by Gasteiger charge is 2.18. The van der Waals surface area contributed by atoms with E-state index in [9.17, 15) is 22.5 Å². The largest absolute Gasteiger partial charge is 0.456 e. The maximum Gasteiger partial charge on any atom is 0.264 e. The third-order valence-corrected chi connectivity index (χ3v) is 4.62. The highest BCUT2D eigenvalue weighted by Crippen LogP contribution is 2.28. The van der Waals surface area contributed by atoms with Gasteiger partial charge in [-0.05, 0) is 36.4 Å². The number of rotatable bonds is 5. The standard InChI is InChI=1S/C17H10F2N4O3S/c18-14-4-2-12(9-15(14)19)26-16-5-3-13(8-11(16)10-20)27(24,25)23-17-21-6-1-7-22-17/h1-9H,(H,21,22,23). The van der Waals surface area contributed by atoms with E-state index < -0.39 is 21.7 Å². The van der Waals surface area contributed by atoms with Crippen LogP contribution in [0.15, 0.2) is 59.8 Å². The van der Waals surface area contributed by atoms with E-state index in [0.29, 0.717) is 0 Å².